The maximum Gasteiger partial charge on any atom is 0.107 e. The standard InChI is InChI=1S/C13H19FN2/c1-2-12-10-16(8-7-14)13-6-4-3-5-11(13)9-15-12/h3-6,12,15H,2,7-10H2,1H3. The van der Waals surface area contributed by atoms with Crippen LogP contribution in [0.4, 0.5) is 10.1 Å². The monoisotopic (exact) mass is 222 g/mol. The van der Waals surface area contributed by atoms with Crippen molar-refractivity contribution >= 4 is 5.69 Å². The van der Waals surface area contributed by atoms with Crippen LogP contribution in [-0.2, 0) is 6.54 Å². The van der Waals surface area contributed by atoms with E-state index in [1.807, 2.05) is 12.1 Å². The Morgan fingerprint density at radius 3 is 3.00 bits per heavy atom. The van der Waals surface area contributed by atoms with Crippen LogP contribution >= 0.6 is 0 Å². The third kappa shape index (κ3) is 2.35. The van der Waals surface area contributed by atoms with Crippen LogP contribution in [0.5, 0.6) is 0 Å². The Morgan fingerprint density at radius 2 is 2.25 bits per heavy atom. The third-order valence-corrected chi connectivity index (χ3v) is 3.20. The molecule has 1 unspecified atom stereocenters. The van der Waals surface area contributed by atoms with Crippen molar-refractivity contribution in [2.45, 2.75) is 25.9 Å². The van der Waals surface area contributed by atoms with Gasteiger partial charge in [0.2, 0.25) is 0 Å². The summed E-state index contributed by atoms with van der Waals surface area (Å²) in [5.74, 6) is 0. The zero-order valence-electron chi connectivity index (χ0n) is 9.75. The van der Waals surface area contributed by atoms with Crippen LogP contribution in [0.1, 0.15) is 18.9 Å². The number of fused-ring (bicyclic) bond motifs is 1. The number of alkyl halides is 1. The first-order valence-electron chi connectivity index (χ1n) is 5.97. The van der Waals surface area contributed by atoms with Gasteiger partial charge >= 0.3 is 0 Å². The van der Waals surface area contributed by atoms with E-state index < -0.39 is 0 Å². The maximum absolute atomic E-state index is 12.6. The van der Waals surface area contributed by atoms with E-state index in [1.54, 1.807) is 0 Å². The molecule has 0 amide bonds. The minimum atomic E-state index is -0.287. The van der Waals surface area contributed by atoms with Crippen LogP contribution in [0.25, 0.3) is 0 Å². The predicted octanol–water partition coefficient (Wildman–Crippen LogP) is 2.34. The topological polar surface area (TPSA) is 15.3 Å². The maximum atomic E-state index is 12.6. The number of hydrogen-bond donors (Lipinski definition) is 1. The number of hydrogen-bond acceptors (Lipinski definition) is 2. The largest absolute Gasteiger partial charge is 0.367 e. The average molecular weight is 222 g/mol. The third-order valence-electron chi connectivity index (χ3n) is 3.20. The zero-order chi connectivity index (χ0) is 11.4. The summed E-state index contributed by atoms with van der Waals surface area (Å²) in [7, 11) is 0. The molecule has 0 saturated carbocycles. The second kappa shape index (κ2) is 5.30. The summed E-state index contributed by atoms with van der Waals surface area (Å²) < 4.78 is 12.6. The number of benzene rings is 1. The van der Waals surface area contributed by atoms with E-state index in [-0.39, 0.29) is 6.67 Å². The Hall–Kier alpha value is -1.09. The number of anilines is 1. The average Bonchev–Trinajstić information content (AvgIpc) is 2.50. The molecule has 0 fully saturated rings. The van der Waals surface area contributed by atoms with Gasteiger partial charge in [-0.25, -0.2) is 4.39 Å². The molecule has 1 aromatic rings. The summed E-state index contributed by atoms with van der Waals surface area (Å²) in [5, 5.41) is 3.51. The molecule has 16 heavy (non-hydrogen) atoms. The minimum Gasteiger partial charge on any atom is -0.367 e. The fraction of sp³-hybridized carbons (Fsp3) is 0.538. The first-order chi connectivity index (χ1) is 7.85. The van der Waals surface area contributed by atoms with Gasteiger partial charge < -0.3 is 10.2 Å². The Labute approximate surface area is 96.5 Å². The molecule has 1 atom stereocenters. The highest BCUT2D eigenvalue weighted by Gasteiger charge is 2.19. The van der Waals surface area contributed by atoms with Crippen LogP contribution in [0, 0.1) is 0 Å². The molecule has 2 nitrogen and oxygen atoms in total. The first-order valence-corrected chi connectivity index (χ1v) is 5.97. The number of para-hydroxylation sites is 1. The number of nitrogens with zero attached hydrogens (tertiary/aromatic N) is 1. The van der Waals surface area contributed by atoms with Gasteiger partial charge in [0.05, 0.1) is 0 Å². The lowest BCUT2D eigenvalue weighted by Crippen LogP contribution is -2.38. The predicted molar refractivity (Wildman–Crippen MR) is 65.5 cm³/mol. The molecule has 2 rings (SSSR count). The summed E-state index contributed by atoms with van der Waals surface area (Å²) >= 11 is 0. The van der Waals surface area contributed by atoms with Crippen molar-refractivity contribution in [3.05, 3.63) is 29.8 Å². The fourth-order valence-corrected chi connectivity index (χ4v) is 2.24. The van der Waals surface area contributed by atoms with Crippen molar-refractivity contribution in [2.75, 3.05) is 24.7 Å². The summed E-state index contributed by atoms with van der Waals surface area (Å²) in [5.41, 5.74) is 2.45. The van der Waals surface area contributed by atoms with E-state index in [2.05, 4.69) is 29.3 Å². The lowest BCUT2D eigenvalue weighted by atomic mass is 10.1. The van der Waals surface area contributed by atoms with Gasteiger partial charge in [0.25, 0.3) is 0 Å². The summed E-state index contributed by atoms with van der Waals surface area (Å²) in [6, 6.07) is 8.73. The van der Waals surface area contributed by atoms with Crippen molar-refractivity contribution in [1.29, 1.82) is 0 Å². The van der Waals surface area contributed by atoms with Crippen molar-refractivity contribution in [2.24, 2.45) is 0 Å². The molecule has 1 N–H and O–H groups in total. The molecule has 1 aliphatic heterocycles. The van der Waals surface area contributed by atoms with Crippen LogP contribution in [-0.4, -0.2) is 25.8 Å². The molecule has 0 spiro atoms. The molecule has 1 heterocycles. The van der Waals surface area contributed by atoms with Crippen LogP contribution in [0.3, 0.4) is 0 Å². The highest BCUT2D eigenvalue weighted by Crippen LogP contribution is 2.23. The molecule has 88 valence electrons. The molecule has 0 radical (unpaired) electrons. The van der Waals surface area contributed by atoms with Gasteiger partial charge in [0.15, 0.2) is 0 Å². The van der Waals surface area contributed by atoms with Crippen molar-refractivity contribution in [3.63, 3.8) is 0 Å². The van der Waals surface area contributed by atoms with Crippen molar-refractivity contribution < 1.29 is 4.39 Å². The van der Waals surface area contributed by atoms with Crippen LogP contribution < -0.4 is 10.2 Å². The van der Waals surface area contributed by atoms with Crippen LogP contribution in [0.15, 0.2) is 24.3 Å². The van der Waals surface area contributed by atoms with E-state index in [9.17, 15) is 4.39 Å². The van der Waals surface area contributed by atoms with Crippen molar-refractivity contribution in [1.82, 2.24) is 5.32 Å². The molecule has 3 heteroatoms. The molecule has 0 saturated heterocycles. The summed E-state index contributed by atoms with van der Waals surface area (Å²) in [4.78, 5) is 2.16. The molecule has 0 aromatic heterocycles. The van der Waals surface area contributed by atoms with Gasteiger partial charge in [-0.05, 0) is 18.1 Å². The fourth-order valence-electron chi connectivity index (χ4n) is 2.24. The van der Waals surface area contributed by atoms with Gasteiger partial charge in [-0.3, -0.25) is 0 Å². The number of rotatable bonds is 3. The smallest absolute Gasteiger partial charge is 0.107 e. The second-order valence-electron chi connectivity index (χ2n) is 4.25. The number of nitrogens with one attached hydrogen (secondary N) is 1. The van der Waals surface area contributed by atoms with Crippen molar-refractivity contribution in [3.8, 4) is 0 Å². The lowest BCUT2D eigenvalue weighted by molar-refractivity contribution is 0.463. The normalized spacial score (nSPS) is 20.4. The van der Waals surface area contributed by atoms with E-state index >= 15 is 0 Å². The van der Waals surface area contributed by atoms with Gasteiger partial charge in [-0.1, -0.05) is 25.1 Å². The van der Waals surface area contributed by atoms with E-state index in [4.69, 9.17) is 0 Å². The van der Waals surface area contributed by atoms with E-state index in [0.29, 0.717) is 12.6 Å². The van der Waals surface area contributed by atoms with Gasteiger partial charge in [-0.2, -0.15) is 0 Å². The molecular formula is C13H19FN2. The quantitative estimate of drug-likeness (QED) is 0.844. The molecular weight excluding hydrogens is 203 g/mol. The molecule has 0 bridgehead atoms. The Balaban J connectivity index is 2.25. The highest BCUT2D eigenvalue weighted by molar-refractivity contribution is 5.54. The van der Waals surface area contributed by atoms with Gasteiger partial charge in [-0.15, -0.1) is 0 Å². The second-order valence-corrected chi connectivity index (χ2v) is 4.25. The van der Waals surface area contributed by atoms with E-state index in [0.717, 1.165) is 19.5 Å². The SMILES string of the molecule is CCC1CN(CCF)c2ccccc2CN1. The minimum absolute atomic E-state index is 0.287. The summed E-state index contributed by atoms with van der Waals surface area (Å²) in [6.07, 6.45) is 1.08. The van der Waals surface area contributed by atoms with Gasteiger partial charge in [0, 0.05) is 31.4 Å². The number of halogens is 1. The van der Waals surface area contributed by atoms with Crippen LogP contribution in [0.2, 0.25) is 0 Å². The Morgan fingerprint density at radius 1 is 1.44 bits per heavy atom. The Bertz CT molecular complexity index is 340. The molecule has 1 aromatic carbocycles. The first kappa shape index (κ1) is 11.4. The van der Waals surface area contributed by atoms with Gasteiger partial charge in [0.1, 0.15) is 6.67 Å². The Kier molecular flexibility index (Phi) is 3.78. The molecule has 0 aliphatic carbocycles. The van der Waals surface area contributed by atoms with E-state index in [1.165, 1.54) is 11.3 Å². The highest BCUT2D eigenvalue weighted by atomic mass is 19.1. The zero-order valence-corrected chi connectivity index (χ0v) is 9.75. The summed E-state index contributed by atoms with van der Waals surface area (Å²) in [6.45, 7) is 4.16. The molecule has 1 aliphatic rings. The lowest BCUT2D eigenvalue weighted by Gasteiger charge is -2.26.